The zero-order valence-electron chi connectivity index (χ0n) is 51.3. The van der Waals surface area contributed by atoms with Crippen LogP contribution in [0.3, 0.4) is 0 Å². The summed E-state index contributed by atoms with van der Waals surface area (Å²) in [5, 5.41) is 5.15. The SMILES string of the molecule is CC(C)CC1=CC(N(c2cc(CC(C)C)cc(CC(C)C)c2)c2c3ccccc3c(N(c3cc(CC(C)C)cc(CC(C)C)c3)c3cc(CC(C)C)cc(CC(C)C)c3)c3cc(C(C)(C)C)ccc23)=CC(CC(C)C)C1. The fourth-order valence-electron chi connectivity index (χ4n) is 12.6. The van der Waals surface area contributed by atoms with Gasteiger partial charge >= 0.3 is 0 Å². The van der Waals surface area contributed by atoms with Crippen LogP contribution in [0.25, 0.3) is 21.5 Å². The third-order valence-corrected chi connectivity index (χ3v) is 15.0. The molecule has 0 aromatic heterocycles. The molecule has 0 amide bonds. The number of hydrogen-bond donors (Lipinski definition) is 0. The normalized spacial score (nSPS) is 14.5. The van der Waals surface area contributed by atoms with Gasteiger partial charge in [0.2, 0.25) is 0 Å². The van der Waals surface area contributed by atoms with Crippen LogP contribution < -0.4 is 9.80 Å². The Kier molecular flexibility index (Phi) is 19.4. The lowest BCUT2D eigenvalue weighted by molar-refractivity contribution is 0.456. The molecule has 0 heterocycles. The van der Waals surface area contributed by atoms with Gasteiger partial charge in [0, 0.05) is 44.3 Å². The minimum atomic E-state index is -0.0770. The third kappa shape index (κ3) is 15.1. The third-order valence-electron chi connectivity index (χ3n) is 15.0. The lowest BCUT2D eigenvalue weighted by Gasteiger charge is -2.36. The monoisotopic (exact) mass is 1020 g/mol. The van der Waals surface area contributed by atoms with E-state index in [4.69, 9.17) is 0 Å². The predicted molar refractivity (Wildman–Crippen MR) is 338 cm³/mol. The van der Waals surface area contributed by atoms with Crippen LogP contribution in [0.1, 0.15) is 190 Å². The van der Waals surface area contributed by atoms with Crippen molar-refractivity contribution in [1.29, 1.82) is 0 Å². The smallest absolute Gasteiger partial charge is 0.0620 e. The van der Waals surface area contributed by atoms with E-state index >= 15 is 0 Å². The van der Waals surface area contributed by atoms with Gasteiger partial charge in [-0.25, -0.2) is 0 Å². The van der Waals surface area contributed by atoms with Gasteiger partial charge in [-0.2, -0.15) is 0 Å². The summed E-state index contributed by atoms with van der Waals surface area (Å²) in [4.78, 5) is 5.49. The fourth-order valence-corrected chi connectivity index (χ4v) is 12.6. The average Bonchev–Trinajstić information content (AvgIpc) is 3.37. The Balaban J connectivity index is 1.72. The molecule has 2 heteroatoms. The molecule has 0 bridgehead atoms. The minimum Gasteiger partial charge on any atom is -0.310 e. The molecule has 76 heavy (non-hydrogen) atoms. The zero-order valence-corrected chi connectivity index (χ0v) is 51.3. The first kappa shape index (κ1) is 58.6. The van der Waals surface area contributed by atoms with Crippen molar-refractivity contribution in [1.82, 2.24) is 0 Å². The number of anilines is 5. The van der Waals surface area contributed by atoms with E-state index in [9.17, 15) is 0 Å². The van der Waals surface area contributed by atoms with Crippen LogP contribution in [-0.2, 0) is 43.9 Å². The lowest BCUT2D eigenvalue weighted by atomic mass is 9.82. The molecule has 0 fully saturated rings. The van der Waals surface area contributed by atoms with Gasteiger partial charge in [-0.1, -0.05) is 198 Å². The molecule has 2 nitrogen and oxygen atoms in total. The molecule has 0 radical (unpaired) electrons. The molecule has 1 atom stereocenters. The largest absolute Gasteiger partial charge is 0.310 e. The first-order valence-electron chi connectivity index (χ1n) is 30.2. The van der Waals surface area contributed by atoms with Gasteiger partial charge in [-0.3, -0.25) is 0 Å². The van der Waals surface area contributed by atoms with E-state index in [0.717, 1.165) is 51.4 Å². The second kappa shape index (κ2) is 25.1. The van der Waals surface area contributed by atoms with Crippen molar-refractivity contribution in [3.05, 3.63) is 159 Å². The first-order valence-corrected chi connectivity index (χ1v) is 30.2. The Hall–Kier alpha value is -5.08. The molecular formula is C74H102N2. The van der Waals surface area contributed by atoms with Gasteiger partial charge in [0.15, 0.2) is 0 Å². The van der Waals surface area contributed by atoms with Crippen LogP contribution in [0.2, 0.25) is 0 Å². The Morgan fingerprint density at radius 2 is 0.750 bits per heavy atom. The number of hydrogen-bond acceptors (Lipinski definition) is 2. The molecule has 6 aromatic rings. The molecule has 408 valence electrons. The van der Waals surface area contributed by atoms with E-state index < -0.39 is 0 Å². The molecule has 1 aliphatic carbocycles. The Labute approximate surface area is 464 Å². The Morgan fingerprint density at radius 1 is 0.395 bits per heavy atom. The number of allylic oxidation sites excluding steroid dienone is 3. The minimum absolute atomic E-state index is 0.0770. The van der Waals surface area contributed by atoms with Crippen LogP contribution >= 0.6 is 0 Å². The number of benzene rings is 6. The highest BCUT2D eigenvalue weighted by molar-refractivity contribution is 6.23. The molecular weight excluding hydrogens is 917 g/mol. The molecule has 6 aromatic carbocycles. The highest BCUT2D eigenvalue weighted by Gasteiger charge is 2.31. The molecule has 7 rings (SSSR count). The maximum Gasteiger partial charge on any atom is 0.0620 e. The second-order valence-electron chi connectivity index (χ2n) is 28.1. The van der Waals surface area contributed by atoms with Gasteiger partial charge in [-0.05, 0) is 204 Å². The standard InChI is InChI=1S/C74H102N2/c1-47(2)26-55-34-56(27-48(3)4)39-64(38-55)75(65-40-57(28-49(5)6)35-58(41-65)29-50(7)8)72-68-22-20-21-23-69(68)73(71-46-63(74(17,18)19)24-25-70(71)72)76(66-42-59(30-51(9)10)36-60(43-66)31-52(11)12)67-44-61(32-53(13)14)37-62(45-67)33-54(15)16/h20-25,34,36-54,57H,26-33,35H2,1-19H3. The molecule has 0 aliphatic heterocycles. The Morgan fingerprint density at radius 3 is 1.11 bits per heavy atom. The number of nitrogens with zero attached hydrogens (tertiary/aromatic N) is 2. The molecule has 0 N–H and O–H groups in total. The molecule has 1 aliphatic rings. The van der Waals surface area contributed by atoms with Crippen molar-refractivity contribution in [3.8, 4) is 0 Å². The number of rotatable bonds is 22. The summed E-state index contributed by atoms with van der Waals surface area (Å²) in [7, 11) is 0. The maximum absolute atomic E-state index is 2.75. The van der Waals surface area contributed by atoms with E-state index in [2.05, 4.69) is 251 Å². The summed E-state index contributed by atoms with van der Waals surface area (Å²) in [5.41, 5.74) is 19.1. The van der Waals surface area contributed by atoms with Gasteiger partial charge in [0.1, 0.15) is 0 Å². The van der Waals surface area contributed by atoms with Crippen molar-refractivity contribution in [3.63, 3.8) is 0 Å². The van der Waals surface area contributed by atoms with Gasteiger partial charge < -0.3 is 9.80 Å². The summed E-state index contributed by atoms with van der Waals surface area (Å²) < 4.78 is 0. The summed E-state index contributed by atoms with van der Waals surface area (Å²) in [6, 6.07) is 40.0. The van der Waals surface area contributed by atoms with E-state index in [1.54, 1.807) is 5.57 Å². The summed E-state index contributed by atoms with van der Waals surface area (Å²) >= 11 is 0. The molecule has 1 unspecified atom stereocenters. The van der Waals surface area contributed by atoms with Gasteiger partial charge in [0.25, 0.3) is 0 Å². The highest BCUT2D eigenvalue weighted by atomic mass is 15.2. The van der Waals surface area contributed by atoms with E-state index in [0.29, 0.717) is 53.3 Å². The molecule has 0 saturated carbocycles. The van der Waals surface area contributed by atoms with E-state index in [1.165, 1.54) is 101 Å². The van der Waals surface area contributed by atoms with Crippen LogP contribution in [-0.4, -0.2) is 0 Å². The summed E-state index contributed by atoms with van der Waals surface area (Å²) in [6.07, 6.45) is 15.0. The van der Waals surface area contributed by atoms with Gasteiger partial charge in [0.05, 0.1) is 11.4 Å². The van der Waals surface area contributed by atoms with Crippen molar-refractivity contribution < 1.29 is 0 Å². The Bertz CT molecular complexity index is 2820. The van der Waals surface area contributed by atoms with Crippen LogP contribution in [0.5, 0.6) is 0 Å². The predicted octanol–water partition coefficient (Wildman–Crippen LogP) is 22.0. The highest BCUT2D eigenvalue weighted by Crippen LogP contribution is 2.52. The van der Waals surface area contributed by atoms with E-state index in [-0.39, 0.29) is 5.41 Å². The summed E-state index contributed by atoms with van der Waals surface area (Å²) in [6.45, 7) is 45.3. The van der Waals surface area contributed by atoms with Crippen molar-refractivity contribution in [2.24, 2.45) is 53.3 Å². The van der Waals surface area contributed by atoms with Crippen molar-refractivity contribution in [2.75, 3.05) is 9.80 Å². The number of fused-ring (bicyclic) bond motifs is 2. The molecule has 0 spiro atoms. The average molecular weight is 1020 g/mol. The topological polar surface area (TPSA) is 6.48 Å². The fraction of sp³-hybridized carbons (Fsp3) is 0.514. The van der Waals surface area contributed by atoms with Crippen molar-refractivity contribution in [2.45, 2.75) is 195 Å². The van der Waals surface area contributed by atoms with Crippen LogP contribution in [0.4, 0.5) is 28.4 Å². The van der Waals surface area contributed by atoms with E-state index in [1.807, 2.05) is 0 Å². The zero-order chi connectivity index (χ0) is 55.3. The quantitative estimate of drug-likeness (QED) is 0.0494. The lowest BCUT2D eigenvalue weighted by Crippen LogP contribution is -2.22. The summed E-state index contributed by atoms with van der Waals surface area (Å²) in [5.74, 6) is 4.86. The maximum atomic E-state index is 2.75. The van der Waals surface area contributed by atoms with Crippen molar-refractivity contribution >= 4 is 50.0 Å². The van der Waals surface area contributed by atoms with Crippen LogP contribution in [0.15, 0.2) is 120 Å². The van der Waals surface area contributed by atoms with Crippen LogP contribution in [0, 0.1) is 53.3 Å². The van der Waals surface area contributed by atoms with Gasteiger partial charge in [-0.15, -0.1) is 0 Å². The first-order chi connectivity index (χ1) is 35.8. The second-order valence-corrected chi connectivity index (χ2v) is 28.1. The molecule has 0 saturated heterocycles.